The molecule has 4 nitrogen and oxygen atoms in total. The summed E-state index contributed by atoms with van der Waals surface area (Å²) in [6.07, 6.45) is -2.88. The van der Waals surface area contributed by atoms with Crippen LogP contribution in [0.5, 0.6) is 5.75 Å². The summed E-state index contributed by atoms with van der Waals surface area (Å²) in [6, 6.07) is 14.4. The van der Waals surface area contributed by atoms with Crippen molar-refractivity contribution in [1.82, 2.24) is 14.6 Å². The number of halogens is 3. The smallest absolute Gasteiger partial charge is 0.416 e. The van der Waals surface area contributed by atoms with Crippen LogP contribution in [0.2, 0.25) is 0 Å². The Kier molecular flexibility index (Phi) is 4.30. The highest BCUT2D eigenvalue weighted by Crippen LogP contribution is 2.32. The lowest BCUT2D eigenvalue weighted by Gasteiger charge is -2.10. The van der Waals surface area contributed by atoms with Crippen molar-refractivity contribution in [2.45, 2.75) is 13.1 Å². The number of methoxy groups -OCH3 is 1. The minimum absolute atomic E-state index is 0.401. The molecular formula is C21H16F3N3O. The Morgan fingerprint density at radius 3 is 2.54 bits per heavy atom. The normalized spacial score (nSPS) is 11.8. The third-order valence-corrected chi connectivity index (χ3v) is 4.56. The molecule has 0 aliphatic rings. The fourth-order valence-electron chi connectivity index (χ4n) is 3.12. The standard InChI is InChI=1S/C21H16F3N3O/c1-13-10-16(28-2)6-7-17(13)18-8-9-20-25-12-19(27(20)26-18)14-4-3-5-15(11-14)21(22,23)24/h3-12H,1-2H3. The number of imidazole rings is 1. The molecule has 0 N–H and O–H groups in total. The molecule has 0 atom stereocenters. The molecule has 4 aromatic rings. The van der Waals surface area contributed by atoms with Gasteiger partial charge in [0.2, 0.25) is 0 Å². The molecule has 2 heterocycles. The Hall–Kier alpha value is -3.35. The van der Waals surface area contributed by atoms with E-state index < -0.39 is 11.7 Å². The first-order chi connectivity index (χ1) is 13.4. The minimum Gasteiger partial charge on any atom is -0.497 e. The van der Waals surface area contributed by atoms with Crippen LogP contribution >= 0.6 is 0 Å². The molecule has 0 aliphatic carbocycles. The van der Waals surface area contributed by atoms with Gasteiger partial charge in [-0.25, -0.2) is 9.50 Å². The van der Waals surface area contributed by atoms with Crippen molar-refractivity contribution >= 4 is 5.65 Å². The molecule has 7 heteroatoms. The fraction of sp³-hybridized carbons (Fsp3) is 0.143. The Labute approximate surface area is 159 Å². The van der Waals surface area contributed by atoms with Crippen LogP contribution in [0.25, 0.3) is 28.2 Å². The Balaban J connectivity index is 1.84. The maximum atomic E-state index is 13.1. The van der Waals surface area contributed by atoms with Crippen molar-refractivity contribution < 1.29 is 17.9 Å². The topological polar surface area (TPSA) is 39.4 Å². The van der Waals surface area contributed by atoms with Crippen LogP contribution in [-0.2, 0) is 6.18 Å². The monoisotopic (exact) mass is 383 g/mol. The van der Waals surface area contributed by atoms with Gasteiger partial charge in [-0.1, -0.05) is 12.1 Å². The first-order valence-corrected chi connectivity index (χ1v) is 8.54. The number of hydrogen-bond acceptors (Lipinski definition) is 3. The van der Waals surface area contributed by atoms with Crippen molar-refractivity contribution in [2.75, 3.05) is 7.11 Å². The number of hydrogen-bond donors (Lipinski definition) is 0. The van der Waals surface area contributed by atoms with Gasteiger partial charge in [-0.05, 0) is 55.0 Å². The van der Waals surface area contributed by atoms with Crippen molar-refractivity contribution in [3.8, 4) is 28.3 Å². The van der Waals surface area contributed by atoms with Crippen molar-refractivity contribution in [2.24, 2.45) is 0 Å². The summed E-state index contributed by atoms with van der Waals surface area (Å²) >= 11 is 0. The molecular weight excluding hydrogens is 367 g/mol. The van der Waals surface area contributed by atoms with Gasteiger partial charge in [-0.3, -0.25) is 0 Å². The van der Waals surface area contributed by atoms with Crippen molar-refractivity contribution in [3.05, 3.63) is 71.9 Å². The molecule has 0 radical (unpaired) electrons. The number of aromatic nitrogens is 3. The zero-order valence-electron chi connectivity index (χ0n) is 15.2. The Morgan fingerprint density at radius 2 is 1.82 bits per heavy atom. The Morgan fingerprint density at radius 1 is 1.00 bits per heavy atom. The molecule has 0 aliphatic heterocycles. The van der Waals surface area contributed by atoms with Gasteiger partial charge < -0.3 is 4.74 Å². The van der Waals surface area contributed by atoms with Crippen LogP contribution in [-0.4, -0.2) is 21.7 Å². The fourth-order valence-corrected chi connectivity index (χ4v) is 3.12. The van der Waals surface area contributed by atoms with Crippen LogP contribution in [0.4, 0.5) is 13.2 Å². The number of fused-ring (bicyclic) bond motifs is 1. The van der Waals surface area contributed by atoms with E-state index in [9.17, 15) is 13.2 Å². The van der Waals surface area contributed by atoms with Gasteiger partial charge in [0.1, 0.15) is 5.75 Å². The van der Waals surface area contributed by atoms with Gasteiger partial charge in [-0.2, -0.15) is 18.3 Å². The first-order valence-electron chi connectivity index (χ1n) is 8.54. The number of nitrogens with zero attached hydrogens (tertiary/aromatic N) is 3. The minimum atomic E-state index is -4.41. The lowest BCUT2D eigenvalue weighted by molar-refractivity contribution is -0.137. The zero-order chi connectivity index (χ0) is 19.9. The van der Waals surface area contributed by atoms with Crippen molar-refractivity contribution in [1.29, 1.82) is 0 Å². The number of ether oxygens (including phenoxy) is 1. The highest BCUT2D eigenvalue weighted by Gasteiger charge is 2.30. The summed E-state index contributed by atoms with van der Waals surface area (Å²) in [7, 11) is 1.60. The lowest BCUT2D eigenvalue weighted by atomic mass is 10.1. The van der Waals surface area contributed by atoms with E-state index in [1.807, 2.05) is 31.2 Å². The SMILES string of the molecule is COc1ccc(-c2ccc3ncc(-c4cccc(C(F)(F)F)c4)n3n2)c(C)c1. The van der Waals surface area contributed by atoms with Gasteiger partial charge in [0, 0.05) is 11.1 Å². The number of aryl methyl sites for hydroxylation is 1. The van der Waals surface area contributed by atoms with E-state index in [2.05, 4.69) is 10.1 Å². The molecule has 28 heavy (non-hydrogen) atoms. The zero-order valence-corrected chi connectivity index (χ0v) is 15.2. The summed E-state index contributed by atoms with van der Waals surface area (Å²) in [6.45, 7) is 1.95. The maximum Gasteiger partial charge on any atom is 0.416 e. The second kappa shape index (κ2) is 6.67. The van der Waals surface area contributed by atoms with Crippen LogP contribution < -0.4 is 4.74 Å². The van der Waals surface area contributed by atoms with Crippen molar-refractivity contribution in [3.63, 3.8) is 0 Å². The molecule has 0 bridgehead atoms. The predicted octanol–water partition coefficient (Wildman–Crippen LogP) is 5.40. The highest BCUT2D eigenvalue weighted by molar-refractivity contribution is 5.68. The molecule has 0 fully saturated rings. The van der Waals surface area contributed by atoms with E-state index in [1.165, 1.54) is 12.3 Å². The second-order valence-electron chi connectivity index (χ2n) is 6.39. The van der Waals surface area contributed by atoms with Gasteiger partial charge in [0.25, 0.3) is 0 Å². The third kappa shape index (κ3) is 3.19. The van der Waals surface area contributed by atoms with Gasteiger partial charge >= 0.3 is 6.18 Å². The van der Waals surface area contributed by atoms with Gasteiger partial charge in [0.15, 0.2) is 5.65 Å². The Bertz CT molecular complexity index is 1170. The number of alkyl halides is 3. The summed E-state index contributed by atoms with van der Waals surface area (Å²) in [5, 5.41) is 4.62. The molecule has 0 saturated carbocycles. The summed E-state index contributed by atoms with van der Waals surface area (Å²) in [5.41, 5.74) is 3.33. The predicted molar refractivity (Wildman–Crippen MR) is 100 cm³/mol. The van der Waals surface area contributed by atoms with Gasteiger partial charge in [-0.15, -0.1) is 0 Å². The van der Waals surface area contributed by atoms with E-state index in [1.54, 1.807) is 23.8 Å². The summed E-state index contributed by atoms with van der Waals surface area (Å²) < 4.78 is 46.0. The summed E-state index contributed by atoms with van der Waals surface area (Å²) in [5.74, 6) is 0.745. The quantitative estimate of drug-likeness (QED) is 0.476. The molecule has 2 aromatic carbocycles. The van der Waals surface area contributed by atoms with Gasteiger partial charge in [0.05, 0.1) is 30.3 Å². The molecule has 0 unspecified atom stereocenters. The van der Waals surface area contributed by atoms with E-state index in [-0.39, 0.29) is 0 Å². The van der Waals surface area contributed by atoms with Crippen LogP contribution in [0.1, 0.15) is 11.1 Å². The molecule has 0 spiro atoms. The van der Waals surface area contributed by atoms with Crippen LogP contribution in [0.15, 0.2) is 60.8 Å². The van der Waals surface area contributed by atoms with E-state index in [0.717, 1.165) is 29.0 Å². The molecule has 0 amide bonds. The van der Waals surface area contributed by atoms with E-state index >= 15 is 0 Å². The third-order valence-electron chi connectivity index (χ3n) is 4.56. The molecule has 142 valence electrons. The second-order valence-corrected chi connectivity index (χ2v) is 6.39. The van der Waals surface area contributed by atoms with E-state index in [0.29, 0.717) is 22.6 Å². The molecule has 2 aromatic heterocycles. The number of rotatable bonds is 3. The molecule has 0 saturated heterocycles. The number of benzene rings is 2. The first kappa shape index (κ1) is 18.0. The average molecular weight is 383 g/mol. The average Bonchev–Trinajstić information content (AvgIpc) is 3.10. The van der Waals surface area contributed by atoms with Crippen LogP contribution in [0.3, 0.4) is 0 Å². The maximum absolute atomic E-state index is 13.1. The highest BCUT2D eigenvalue weighted by atomic mass is 19.4. The molecule has 4 rings (SSSR count). The lowest BCUT2D eigenvalue weighted by Crippen LogP contribution is -2.05. The summed E-state index contributed by atoms with van der Waals surface area (Å²) in [4.78, 5) is 4.27. The van der Waals surface area contributed by atoms with Crippen LogP contribution in [0, 0.1) is 6.92 Å². The largest absolute Gasteiger partial charge is 0.497 e. The van der Waals surface area contributed by atoms with E-state index in [4.69, 9.17) is 4.74 Å².